The molecule has 0 amide bonds. The van der Waals surface area contributed by atoms with Crippen molar-refractivity contribution < 1.29 is 9.47 Å². The molecule has 2 aromatic heterocycles. The van der Waals surface area contributed by atoms with E-state index in [0.717, 1.165) is 58.2 Å². The van der Waals surface area contributed by atoms with Crippen LogP contribution in [0.2, 0.25) is 0 Å². The molecule has 4 heterocycles. The number of ether oxygens (including phenoxy) is 2. The van der Waals surface area contributed by atoms with Crippen LogP contribution in [0.25, 0.3) is 0 Å². The van der Waals surface area contributed by atoms with Gasteiger partial charge in [-0.15, -0.1) is 0 Å². The fourth-order valence-electron chi connectivity index (χ4n) is 3.58. The van der Waals surface area contributed by atoms with Crippen molar-refractivity contribution in [2.75, 3.05) is 56.7 Å². The third kappa shape index (κ3) is 4.64. The summed E-state index contributed by atoms with van der Waals surface area (Å²) in [6.45, 7) is 6.17. The Morgan fingerprint density at radius 2 is 2.04 bits per heavy atom. The zero-order valence-electron chi connectivity index (χ0n) is 15.7. The summed E-state index contributed by atoms with van der Waals surface area (Å²) in [5.74, 6) is 2.33. The molecule has 2 aliphatic heterocycles. The first-order chi connectivity index (χ1) is 13.3. The molecule has 0 bridgehead atoms. The number of pyridine rings is 1. The number of rotatable bonds is 6. The number of nitrogens with one attached hydrogen (secondary N) is 1. The summed E-state index contributed by atoms with van der Waals surface area (Å²) in [6.07, 6.45) is 4.70. The maximum atomic E-state index is 5.42. The van der Waals surface area contributed by atoms with Gasteiger partial charge in [-0.05, 0) is 24.1 Å². The summed E-state index contributed by atoms with van der Waals surface area (Å²) in [7, 11) is 1.65. The SMILES string of the molecule is COc1cc(CN2CCC(Nc3nccc(N4CCOCC4)n3)C2)ccn1. The van der Waals surface area contributed by atoms with Gasteiger partial charge in [-0.3, -0.25) is 4.90 Å². The minimum Gasteiger partial charge on any atom is -0.481 e. The van der Waals surface area contributed by atoms with Gasteiger partial charge in [-0.1, -0.05) is 0 Å². The molecule has 2 fully saturated rings. The fraction of sp³-hybridized carbons (Fsp3) is 0.526. The largest absolute Gasteiger partial charge is 0.481 e. The Balaban J connectivity index is 1.33. The molecule has 2 aromatic rings. The molecule has 0 spiro atoms. The van der Waals surface area contributed by atoms with Crippen molar-refractivity contribution in [1.29, 1.82) is 0 Å². The first-order valence-electron chi connectivity index (χ1n) is 9.44. The van der Waals surface area contributed by atoms with Crippen molar-refractivity contribution in [1.82, 2.24) is 19.9 Å². The monoisotopic (exact) mass is 370 g/mol. The number of morpholine rings is 1. The molecule has 8 heteroatoms. The van der Waals surface area contributed by atoms with Gasteiger partial charge in [0.05, 0.1) is 20.3 Å². The van der Waals surface area contributed by atoms with Gasteiger partial charge < -0.3 is 19.7 Å². The van der Waals surface area contributed by atoms with Crippen LogP contribution < -0.4 is 15.0 Å². The molecule has 0 saturated carbocycles. The van der Waals surface area contributed by atoms with Crippen LogP contribution in [-0.2, 0) is 11.3 Å². The Bertz CT molecular complexity index is 752. The van der Waals surface area contributed by atoms with Crippen LogP contribution in [0.1, 0.15) is 12.0 Å². The molecule has 0 radical (unpaired) electrons. The van der Waals surface area contributed by atoms with Crippen molar-refractivity contribution in [2.45, 2.75) is 19.0 Å². The number of methoxy groups -OCH3 is 1. The van der Waals surface area contributed by atoms with Crippen molar-refractivity contribution in [2.24, 2.45) is 0 Å². The average Bonchev–Trinajstić information content (AvgIpc) is 3.15. The van der Waals surface area contributed by atoms with Crippen molar-refractivity contribution >= 4 is 11.8 Å². The highest BCUT2D eigenvalue weighted by molar-refractivity contribution is 5.43. The second kappa shape index (κ2) is 8.49. The minimum absolute atomic E-state index is 0.355. The molecule has 2 aliphatic rings. The molecule has 0 aromatic carbocycles. The standard InChI is InChI=1S/C19H26N6O2/c1-26-18-12-15(2-5-20-18)13-24-7-4-16(14-24)22-19-21-6-3-17(23-19)25-8-10-27-11-9-25/h2-3,5-6,12,16H,4,7-11,13-14H2,1H3,(H,21,22,23). The number of anilines is 2. The molecule has 1 unspecified atom stereocenters. The molecular weight excluding hydrogens is 344 g/mol. The molecule has 2 saturated heterocycles. The number of hydrogen-bond acceptors (Lipinski definition) is 8. The van der Waals surface area contributed by atoms with Crippen LogP contribution in [0.5, 0.6) is 5.88 Å². The van der Waals surface area contributed by atoms with E-state index in [9.17, 15) is 0 Å². The number of likely N-dealkylation sites (tertiary alicyclic amines) is 1. The third-order valence-corrected chi connectivity index (χ3v) is 5.00. The highest BCUT2D eigenvalue weighted by Gasteiger charge is 2.23. The topological polar surface area (TPSA) is 75.6 Å². The van der Waals surface area contributed by atoms with Gasteiger partial charge >= 0.3 is 0 Å². The second-order valence-electron chi connectivity index (χ2n) is 6.91. The molecule has 27 heavy (non-hydrogen) atoms. The molecule has 1 N–H and O–H groups in total. The lowest BCUT2D eigenvalue weighted by atomic mass is 10.2. The van der Waals surface area contributed by atoms with Crippen LogP contribution in [0.4, 0.5) is 11.8 Å². The van der Waals surface area contributed by atoms with Gasteiger partial charge in [-0.25, -0.2) is 9.97 Å². The predicted octanol–water partition coefficient (Wildman–Crippen LogP) is 1.40. The minimum atomic E-state index is 0.355. The van der Waals surface area contributed by atoms with E-state index in [1.165, 1.54) is 5.56 Å². The van der Waals surface area contributed by atoms with E-state index in [1.54, 1.807) is 13.3 Å². The van der Waals surface area contributed by atoms with E-state index < -0.39 is 0 Å². The van der Waals surface area contributed by atoms with Crippen LogP contribution in [0, 0.1) is 0 Å². The molecule has 4 rings (SSSR count). The normalized spacial score (nSPS) is 20.6. The highest BCUT2D eigenvalue weighted by Crippen LogP contribution is 2.19. The van der Waals surface area contributed by atoms with Gasteiger partial charge in [0.15, 0.2) is 0 Å². The lowest BCUT2D eigenvalue weighted by molar-refractivity contribution is 0.122. The van der Waals surface area contributed by atoms with E-state index >= 15 is 0 Å². The van der Waals surface area contributed by atoms with E-state index in [4.69, 9.17) is 14.5 Å². The Hall–Kier alpha value is -2.45. The quantitative estimate of drug-likeness (QED) is 0.818. The Kier molecular flexibility index (Phi) is 5.64. The predicted molar refractivity (Wildman–Crippen MR) is 103 cm³/mol. The van der Waals surface area contributed by atoms with Crippen molar-refractivity contribution in [3.05, 3.63) is 36.2 Å². The van der Waals surface area contributed by atoms with Crippen molar-refractivity contribution in [3.63, 3.8) is 0 Å². The van der Waals surface area contributed by atoms with Crippen LogP contribution in [0.3, 0.4) is 0 Å². The van der Waals surface area contributed by atoms with Crippen LogP contribution in [-0.4, -0.2) is 72.4 Å². The summed E-state index contributed by atoms with van der Waals surface area (Å²) >= 11 is 0. The molecule has 8 nitrogen and oxygen atoms in total. The van der Waals surface area contributed by atoms with E-state index in [2.05, 4.69) is 25.1 Å². The van der Waals surface area contributed by atoms with Gasteiger partial charge in [0.2, 0.25) is 11.8 Å². The highest BCUT2D eigenvalue weighted by atomic mass is 16.5. The summed E-state index contributed by atoms with van der Waals surface area (Å²) in [6, 6.07) is 6.36. The van der Waals surface area contributed by atoms with Gasteiger partial charge in [0, 0.05) is 57.2 Å². The third-order valence-electron chi connectivity index (χ3n) is 5.00. The number of hydrogen-bond donors (Lipinski definition) is 1. The van der Waals surface area contributed by atoms with Gasteiger partial charge in [0.1, 0.15) is 5.82 Å². The smallest absolute Gasteiger partial charge is 0.224 e. The summed E-state index contributed by atoms with van der Waals surface area (Å²) < 4.78 is 10.6. The first-order valence-corrected chi connectivity index (χ1v) is 9.44. The average molecular weight is 370 g/mol. The van der Waals surface area contributed by atoms with Crippen LogP contribution >= 0.6 is 0 Å². The zero-order chi connectivity index (χ0) is 18.5. The van der Waals surface area contributed by atoms with E-state index in [1.807, 2.05) is 24.4 Å². The molecule has 1 atom stereocenters. The van der Waals surface area contributed by atoms with E-state index in [0.29, 0.717) is 17.9 Å². The maximum absolute atomic E-state index is 5.42. The lowest BCUT2D eigenvalue weighted by Gasteiger charge is -2.28. The maximum Gasteiger partial charge on any atom is 0.224 e. The Morgan fingerprint density at radius 3 is 2.89 bits per heavy atom. The Morgan fingerprint density at radius 1 is 1.19 bits per heavy atom. The van der Waals surface area contributed by atoms with Gasteiger partial charge in [-0.2, -0.15) is 4.98 Å². The summed E-state index contributed by atoms with van der Waals surface area (Å²) in [5, 5.41) is 3.50. The van der Waals surface area contributed by atoms with E-state index in [-0.39, 0.29) is 0 Å². The molecule has 144 valence electrons. The first kappa shape index (κ1) is 17.9. The number of aromatic nitrogens is 3. The summed E-state index contributed by atoms with van der Waals surface area (Å²) in [4.78, 5) is 17.9. The van der Waals surface area contributed by atoms with Crippen LogP contribution in [0.15, 0.2) is 30.6 Å². The number of nitrogens with zero attached hydrogens (tertiary/aromatic N) is 5. The van der Waals surface area contributed by atoms with Crippen molar-refractivity contribution in [3.8, 4) is 5.88 Å². The molecule has 0 aliphatic carbocycles. The lowest BCUT2D eigenvalue weighted by Crippen LogP contribution is -2.37. The zero-order valence-corrected chi connectivity index (χ0v) is 15.7. The molecular formula is C19H26N6O2. The Labute approximate surface area is 159 Å². The summed E-state index contributed by atoms with van der Waals surface area (Å²) in [5.41, 5.74) is 1.22. The van der Waals surface area contributed by atoms with Gasteiger partial charge in [0.25, 0.3) is 0 Å². The fourth-order valence-corrected chi connectivity index (χ4v) is 3.58. The second-order valence-corrected chi connectivity index (χ2v) is 6.91.